The third-order valence-corrected chi connectivity index (χ3v) is 5.08. The molecule has 0 amide bonds. The van der Waals surface area contributed by atoms with Crippen molar-refractivity contribution in [2.24, 2.45) is 0 Å². The molecule has 1 aromatic rings. The van der Waals surface area contributed by atoms with E-state index < -0.39 is 10.0 Å². The molecule has 0 saturated carbocycles. The Kier molecular flexibility index (Phi) is 4.42. The number of benzene rings is 1. The first-order chi connectivity index (χ1) is 9.02. The van der Waals surface area contributed by atoms with E-state index in [1.54, 1.807) is 10.4 Å². The monoisotopic (exact) mass is 279 g/mol. The van der Waals surface area contributed by atoms with Crippen molar-refractivity contribution < 1.29 is 8.42 Å². The van der Waals surface area contributed by atoms with Crippen LogP contribution in [0.15, 0.2) is 43.0 Å². The molecule has 19 heavy (non-hydrogen) atoms. The van der Waals surface area contributed by atoms with Crippen LogP contribution in [0.4, 0.5) is 0 Å². The molecule has 1 saturated heterocycles. The minimum Gasteiger partial charge on any atom is -0.212 e. The molecule has 1 aliphatic rings. The maximum atomic E-state index is 11.9. The van der Waals surface area contributed by atoms with Crippen LogP contribution >= 0.6 is 0 Å². The molecule has 0 bridgehead atoms. The molecular formula is C15H21NO2S. The Balaban J connectivity index is 2.05. The highest BCUT2D eigenvalue weighted by Gasteiger charge is 2.37. The summed E-state index contributed by atoms with van der Waals surface area (Å²) >= 11 is 0. The van der Waals surface area contributed by atoms with Crippen LogP contribution in [0.2, 0.25) is 0 Å². The van der Waals surface area contributed by atoms with Gasteiger partial charge in [0.1, 0.15) is 0 Å². The standard InChI is InChI=1S/C15H21NO2S/c1-3-14-11-12-15(16(14)19(2,17)18)10-9-13-7-5-4-6-8-13/h3-8,14-15H,1,9-12H2,2H3. The molecule has 2 unspecified atom stereocenters. The van der Waals surface area contributed by atoms with Crippen LogP contribution in [0, 0.1) is 0 Å². The van der Waals surface area contributed by atoms with Crippen LogP contribution in [0.25, 0.3) is 0 Å². The van der Waals surface area contributed by atoms with Gasteiger partial charge in [0, 0.05) is 12.1 Å². The normalized spacial score (nSPS) is 24.5. The molecular weight excluding hydrogens is 258 g/mol. The number of sulfonamides is 1. The summed E-state index contributed by atoms with van der Waals surface area (Å²) < 4.78 is 25.4. The summed E-state index contributed by atoms with van der Waals surface area (Å²) in [6.45, 7) is 3.75. The molecule has 2 rings (SSSR count). The van der Waals surface area contributed by atoms with Crippen molar-refractivity contribution in [2.45, 2.75) is 37.8 Å². The molecule has 0 aromatic heterocycles. The third kappa shape index (κ3) is 3.45. The Bertz CT molecular complexity index is 524. The first-order valence-corrected chi connectivity index (χ1v) is 8.52. The Labute approximate surface area is 116 Å². The molecule has 4 heteroatoms. The van der Waals surface area contributed by atoms with Crippen molar-refractivity contribution in [1.82, 2.24) is 4.31 Å². The molecule has 0 N–H and O–H groups in total. The average molecular weight is 279 g/mol. The van der Waals surface area contributed by atoms with Gasteiger partial charge in [-0.05, 0) is 31.2 Å². The molecule has 1 heterocycles. The number of rotatable bonds is 5. The third-order valence-electron chi connectivity index (χ3n) is 3.75. The molecule has 0 spiro atoms. The van der Waals surface area contributed by atoms with Gasteiger partial charge in [0.15, 0.2) is 0 Å². The highest BCUT2D eigenvalue weighted by molar-refractivity contribution is 7.88. The van der Waals surface area contributed by atoms with E-state index in [1.165, 1.54) is 11.8 Å². The number of aryl methyl sites for hydroxylation is 1. The summed E-state index contributed by atoms with van der Waals surface area (Å²) in [7, 11) is -3.16. The predicted octanol–water partition coefficient (Wildman–Crippen LogP) is 2.60. The lowest BCUT2D eigenvalue weighted by molar-refractivity contribution is 0.341. The van der Waals surface area contributed by atoms with Crippen molar-refractivity contribution in [3.05, 3.63) is 48.6 Å². The number of hydrogen-bond donors (Lipinski definition) is 0. The minimum atomic E-state index is -3.16. The van der Waals surface area contributed by atoms with Gasteiger partial charge in [0.05, 0.1) is 6.26 Å². The molecule has 0 aliphatic carbocycles. The maximum absolute atomic E-state index is 11.9. The molecule has 1 aromatic carbocycles. The summed E-state index contributed by atoms with van der Waals surface area (Å²) in [4.78, 5) is 0. The Morgan fingerprint density at radius 3 is 2.58 bits per heavy atom. The first kappa shape index (κ1) is 14.3. The van der Waals surface area contributed by atoms with Crippen LogP contribution in [-0.2, 0) is 16.4 Å². The highest BCUT2D eigenvalue weighted by Crippen LogP contribution is 2.30. The van der Waals surface area contributed by atoms with Gasteiger partial charge in [-0.1, -0.05) is 36.4 Å². The topological polar surface area (TPSA) is 37.4 Å². The molecule has 3 nitrogen and oxygen atoms in total. The van der Waals surface area contributed by atoms with Gasteiger partial charge < -0.3 is 0 Å². The van der Waals surface area contributed by atoms with Crippen LogP contribution in [0.5, 0.6) is 0 Å². The Morgan fingerprint density at radius 1 is 1.32 bits per heavy atom. The second kappa shape index (κ2) is 5.88. The van der Waals surface area contributed by atoms with Crippen LogP contribution in [-0.4, -0.2) is 31.1 Å². The number of nitrogens with zero attached hydrogens (tertiary/aromatic N) is 1. The predicted molar refractivity (Wildman–Crippen MR) is 78.5 cm³/mol. The Morgan fingerprint density at radius 2 is 2.00 bits per heavy atom. The zero-order valence-corrected chi connectivity index (χ0v) is 12.1. The van der Waals surface area contributed by atoms with Crippen LogP contribution in [0.1, 0.15) is 24.8 Å². The molecule has 1 aliphatic heterocycles. The zero-order valence-electron chi connectivity index (χ0n) is 11.3. The van der Waals surface area contributed by atoms with E-state index in [4.69, 9.17) is 0 Å². The van der Waals surface area contributed by atoms with E-state index in [2.05, 4.69) is 18.7 Å². The highest BCUT2D eigenvalue weighted by atomic mass is 32.2. The van der Waals surface area contributed by atoms with Gasteiger partial charge in [-0.15, -0.1) is 6.58 Å². The van der Waals surface area contributed by atoms with E-state index in [0.717, 1.165) is 25.7 Å². The van der Waals surface area contributed by atoms with E-state index >= 15 is 0 Å². The largest absolute Gasteiger partial charge is 0.212 e. The minimum absolute atomic E-state index is 0.0317. The molecule has 104 valence electrons. The summed E-state index contributed by atoms with van der Waals surface area (Å²) in [6, 6.07) is 10.3. The van der Waals surface area contributed by atoms with Crippen LogP contribution < -0.4 is 0 Å². The average Bonchev–Trinajstić information content (AvgIpc) is 2.80. The summed E-state index contributed by atoms with van der Waals surface area (Å²) in [6.07, 6.45) is 6.66. The van der Waals surface area contributed by atoms with Crippen LogP contribution in [0.3, 0.4) is 0 Å². The smallest absolute Gasteiger partial charge is 0.211 e. The SMILES string of the molecule is C=CC1CCC(CCc2ccccc2)N1S(C)(=O)=O. The fourth-order valence-corrected chi connectivity index (χ4v) is 4.31. The zero-order chi connectivity index (χ0) is 13.9. The van der Waals surface area contributed by atoms with Crippen molar-refractivity contribution in [1.29, 1.82) is 0 Å². The lowest BCUT2D eigenvalue weighted by atomic mass is 10.0. The van der Waals surface area contributed by atoms with Crippen molar-refractivity contribution in [3.63, 3.8) is 0 Å². The van der Waals surface area contributed by atoms with Crippen molar-refractivity contribution in [3.8, 4) is 0 Å². The van der Waals surface area contributed by atoms with Crippen molar-refractivity contribution in [2.75, 3.05) is 6.26 Å². The lowest BCUT2D eigenvalue weighted by Gasteiger charge is -2.26. The summed E-state index contributed by atoms with van der Waals surface area (Å²) in [5, 5.41) is 0. The summed E-state index contributed by atoms with van der Waals surface area (Å²) in [5.74, 6) is 0. The van der Waals surface area contributed by atoms with Gasteiger partial charge in [0.2, 0.25) is 10.0 Å². The van der Waals surface area contributed by atoms with Gasteiger partial charge in [0.25, 0.3) is 0 Å². The van der Waals surface area contributed by atoms with E-state index in [-0.39, 0.29) is 12.1 Å². The van der Waals surface area contributed by atoms with E-state index in [1.807, 2.05) is 18.2 Å². The van der Waals surface area contributed by atoms with E-state index in [0.29, 0.717) is 0 Å². The van der Waals surface area contributed by atoms with Gasteiger partial charge >= 0.3 is 0 Å². The van der Waals surface area contributed by atoms with Gasteiger partial charge in [-0.25, -0.2) is 8.42 Å². The van der Waals surface area contributed by atoms with Crippen molar-refractivity contribution >= 4 is 10.0 Å². The molecule has 1 fully saturated rings. The Hall–Kier alpha value is -1.13. The molecule has 0 radical (unpaired) electrons. The van der Waals surface area contributed by atoms with Gasteiger partial charge in [-0.3, -0.25) is 0 Å². The second-order valence-corrected chi connectivity index (χ2v) is 7.04. The summed E-state index contributed by atoms with van der Waals surface area (Å²) in [5.41, 5.74) is 1.26. The molecule has 2 atom stereocenters. The fourth-order valence-electron chi connectivity index (χ4n) is 2.88. The fraction of sp³-hybridized carbons (Fsp3) is 0.467. The maximum Gasteiger partial charge on any atom is 0.211 e. The second-order valence-electron chi connectivity index (χ2n) is 5.15. The lowest BCUT2D eigenvalue weighted by Crippen LogP contribution is -2.39. The van der Waals surface area contributed by atoms with E-state index in [9.17, 15) is 8.42 Å². The van der Waals surface area contributed by atoms with Gasteiger partial charge in [-0.2, -0.15) is 4.31 Å². The number of hydrogen-bond acceptors (Lipinski definition) is 2. The first-order valence-electron chi connectivity index (χ1n) is 6.67. The quantitative estimate of drug-likeness (QED) is 0.777.